The number of hydrogen-bond acceptors (Lipinski definition) is 4. The van der Waals surface area contributed by atoms with Crippen LogP contribution in [0.25, 0.3) is 0 Å². The quantitative estimate of drug-likeness (QED) is 0.568. The first-order valence-corrected chi connectivity index (χ1v) is 9.01. The molecule has 1 aliphatic heterocycles. The summed E-state index contributed by atoms with van der Waals surface area (Å²) in [6, 6.07) is 6.34. The number of rotatable bonds is 7. The van der Waals surface area contributed by atoms with E-state index in [9.17, 15) is 20.0 Å². The van der Waals surface area contributed by atoms with Crippen LogP contribution in [0.1, 0.15) is 52.5 Å². The van der Waals surface area contributed by atoms with Crippen LogP contribution in [0.5, 0.6) is 0 Å². The normalized spacial score (nSPS) is 20.2. The van der Waals surface area contributed by atoms with Crippen LogP contribution in [-0.4, -0.2) is 27.4 Å². The predicted octanol–water partition coefficient (Wildman–Crippen LogP) is 4.62. The number of nitro benzene ring substituents is 1. The van der Waals surface area contributed by atoms with E-state index < -0.39 is 16.3 Å². The summed E-state index contributed by atoms with van der Waals surface area (Å²) in [5, 5.41) is 21.2. The van der Waals surface area contributed by atoms with E-state index in [1.165, 1.54) is 12.1 Å². The van der Waals surface area contributed by atoms with Crippen LogP contribution in [-0.2, 0) is 10.2 Å². The molecule has 1 heterocycles. The summed E-state index contributed by atoms with van der Waals surface area (Å²) in [6.45, 7) is 8.53. The number of non-ortho nitro benzene ring substituents is 1. The number of carboxylic acid groups (broad SMARTS) is 1. The minimum absolute atomic E-state index is 0.0268. The molecule has 0 saturated carbocycles. The number of aliphatic carboxylic acids is 1. The second-order valence-corrected chi connectivity index (χ2v) is 6.53. The van der Waals surface area contributed by atoms with Gasteiger partial charge >= 0.3 is 5.97 Å². The number of carbonyl (C=O) groups is 1. The van der Waals surface area contributed by atoms with Gasteiger partial charge in [-0.25, -0.2) is 4.79 Å². The van der Waals surface area contributed by atoms with Gasteiger partial charge in [-0.1, -0.05) is 32.4 Å². The number of nitro groups is 1. The van der Waals surface area contributed by atoms with Gasteiger partial charge in [0.1, 0.15) is 0 Å². The Morgan fingerprint density at radius 1 is 1.31 bits per heavy atom. The van der Waals surface area contributed by atoms with Crippen LogP contribution >= 0.6 is 0 Å². The molecule has 0 radical (unpaired) electrons. The lowest BCUT2D eigenvalue weighted by Gasteiger charge is -2.42. The fourth-order valence-electron chi connectivity index (χ4n) is 3.96. The molecule has 1 atom stereocenters. The van der Waals surface area contributed by atoms with Gasteiger partial charge < -0.3 is 10.0 Å². The Hall–Kier alpha value is -2.63. The molecule has 0 bridgehead atoms. The van der Waals surface area contributed by atoms with Crippen molar-refractivity contribution in [2.24, 2.45) is 0 Å². The lowest BCUT2D eigenvalue weighted by Crippen LogP contribution is -2.40. The van der Waals surface area contributed by atoms with Crippen LogP contribution in [0.15, 0.2) is 47.3 Å². The molecule has 6 nitrogen and oxygen atoms in total. The largest absolute Gasteiger partial charge is 0.478 e. The van der Waals surface area contributed by atoms with Crippen molar-refractivity contribution in [2.75, 3.05) is 6.54 Å². The third-order valence-corrected chi connectivity index (χ3v) is 5.14. The highest BCUT2D eigenvalue weighted by molar-refractivity contribution is 5.92. The zero-order valence-electron chi connectivity index (χ0n) is 15.8. The average Bonchev–Trinajstić information content (AvgIpc) is 2.61. The molecular formula is C20H26N2O4. The molecule has 0 aromatic heterocycles. The maximum absolute atomic E-state index is 12.2. The van der Waals surface area contributed by atoms with Crippen molar-refractivity contribution < 1.29 is 14.8 Å². The molecule has 0 aliphatic carbocycles. The Morgan fingerprint density at radius 3 is 2.50 bits per heavy atom. The molecule has 0 amide bonds. The number of hydrogen-bond donors (Lipinski definition) is 1. The predicted molar refractivity (Wildman–Crippen MR) is 101 cm³/mol. The van der Waals surface area contributed by atoms with Crippen LogP contribution in [0.3, 0.4) is 0 Å². The first kappa shape index (κ1) is 19.7. The zero-order valence-corrected chi connectivity index (χ0v) is 15.8. The van der Waals surface area contributed by atoms with Gasteiger partial charge in [0.15, 0.2) is 0 Å². The molecule has 1 aromatic rings. The summed E-state index contributed by atoms with van der Waals surface area (Å²) < 4.78 is 0. The standard InChI is InChI=1S/C20H26N2O4/c1-5-9-17-13-20(6-2,15-10-8-11-16(12-15)22(25)26)18(19(23)24)14(4)21(17)7-3/h8,10-13H,5-7,9H2,1-4H3,(H,23,24). The Balaban J connectivity index is 2.80. The maximum atomic E-state index is 12.2. The molecule has 0 saturated heterocycles. The Labute approximate surface area is 154 Å². The molecule has 1 N–H and O–H groups in total. The van der Waals surface area contributed by atoms with E-state index >= 15 is 0 Å². The number of benzene rings is 1. The van der Waals surface area contributed by atoms with Gasteiger partial charge in [-0.05, 0) is 38.3 Å². The van der Waals surface area contributed by atoms with Crippen molar-refractivity contribution in [1.29, 1.82) is 0 Å². The SMILES string of the molecule is CCCC1=CC(CC)(c2cccc([N+](=O)[O-])c2)C(C(=O)O)=C(C)N1CC. The Kier molecular flexibility index (Phi) is 5.85. The van der Waals surface area contributed by atoms with Gasteiger partial charge in [-0.15, -0.1) is 0 Å². The third-order valence-electron chi connectivity index (χ3n) is 5.14. The van der Waals surface area contributed by atoms with E-state index in [-0.39, 0.29) is 5.69 Å². The smallest absolute Gasteiger partial charge is 0.334 e. The molecule has 26 heavy (non-hydrogen) atoms. The summed E-state index contributed by atoms with van der Waals surface area (Å²) >= 11 is 0. The third kappa shape index (κ3) is 3.23. The average molecular weight is 358 g/mol. The Morgan fingerprint density at radius 2 is 2.00 bits per heavy atom. The van der Waals surface area contributed by atoms with E-state index in [2.05, 4.69) is 6.92 Å². The second kappa shape index (κ2) is 7.72. The Bertz CT molecular complexity index is 782. The lowest BCUT2D eigenvalue weighted by atomic mass is 9.68. The monoisotopic (exact) mass is 358 g/mol. The first-order chi connectivity index (χ1) is 12.3. The second-order valence-electron chi connectivity index (χ2n) is 6.53. The molecule has 1 aliphatic rings. The summed E-state index contributed by atoms with van der Waals surface area (Å²) in [5.41, 5.74) is 1.82. The van der Waals surface area contributed by atoms with Gasteiger partial charge in [0.2, 0.25) is 0 Å². The van der Waals surface area contributed by atoms with Crippen LogP contribution in [0, 0.1) is 10.1 Å². The topological polar surface area (TPSA) is 83.7 Å². The summed E-state index contributed by atoms with van der Waals surface area (Å²) in [6.07, 6.45) is 4.29. The van der Waals surface area contributed by atoms with E-state index in [0.717, 1.165) is 18.5 Å². The zero-order chi connectivity index (χ0) is 19.5. The fraction of sp³-hybridized carbons (Fsp3) is 0.450. The highest BCUT2D eigenvalue weighted by Gasteiger charge is 2.43. The van der Waals surface area contributed by atoms with E-state index in [1.807, 2.05) is 31.7 Å². The number of carboxylic acids is 1. The van der Waals surface area contributed by atoms with Crippen molar-refractivity contribution in [1.82, 2.24) is 4.90 Å². The van der Waals surface area contributed by atoms with Crippen LogP contribution in [0.2, 0.25) is 0 Å². The molecule has 2 rings (SSSR count). The first-order valence-electron chi connectivity index (χ1n) is 9.01. The highest BCUT2D eigenvalue weighted by Crippen LogP contribution is 2.45. The van der Waals surface area contributed by atoms with E-state index in [0.29, 0.717) is 29.8 Å². The summed E-state index contributed by atoms with van der Waals surface area (Å²) in [5.74, 6) is -0.985. The van der Waals surface area contributed by atoms with Gasteiger partial charge in [0.25, 0.3) is 5.69 Å². The van der Waals surface area contributed by atoms with Gasteiger partial charge in [-0.2, -0.15) is 0 Å². The van der Waals surface area contributed by atoms with Gasteiger partial charge in [0, 0.05) is 35.5 Å². The summed E-state index contributed by atoms with van der Waals surface area (Å²) in [4.78, 5) is 25.0. The van der Waals surface area contributed by atoms with Gasteiger partial charge in [-0.3, -0.25) is 10.1 Å². The minimum Gasteiger partial charge on any atom is -0.478 e. The lowest BCUT2D eigenvalue weighted by molar-refractivity contribution is -0.384. The highest BCUT2D eigenvalue weighted by atomic mass is 16.6. The maximum Gasteiger partial charge on any atom is 0.334 e. The van der Waals surface area contributed by atoms with E-state index in [1.54, 1.807) is 12.1 Å². The van der Waals surface area contributed by atoms with Crippen molar-refractivity contribution in [2.45, 2.75) is 52.4 Å². The molecule has 140 valence electrons. The van der Waals surface area contributed by atoms with Crippen molar-refractivity contribution in [3.8, 4) is 0 Å². The molecule has 0 fully saturated rings. The molecule has 6 heteroatoms. The molecule has 1 unspecified atom stereocenters. The summed E-state index contributed by atoms with van der Waals surface area (Å²) in [7, 11) is 0. The number of nitrogens with zero attached hydrogens (tertiary/aromatic N) is 2. The van der Waals surface area contributed by atoms with Crippen LogP contribution in [0.4, 0.5) is 5.69 Å². The molecular weight excluding hydrogens is 332 g/mol. The van der Waals surface area contributed by atoms with Crippen molar-refractivity contribution in [3.05, 3.63) is 63.0 Å². The molecule has 1 aromatic carbocycles. The number of allylic oxidation sites excluding steroid dienone is 3. The van der Waals surface area contributed by atoms with Crippen molar-refractivity contribution >= 4 is 11.7 Å². The van der Waals surface area contributed by atoms with Crippen molar-refractivity contribution in [3.63, 3.8) is 0 Å². The molecule has 0 spiro atoms. The van der Waals surface area contributed by atoms with Gasteiger partial charge in [0.05, 0.1) is 10.5 Å². The van der Waals surface area contributed by atoms with E-state index in [4.69, 9.17) is 0 Å². The van der Waals surface area contributed by atoms with Crippen LogP contribution < -0.4 is 0 Å². The fourth-order valence-corrected chi connectivity index (χ4v) is 3.96. The minimum atomic E-state index is -0.985.